The Labute approximate surface area is 421 Å². The van der Waals surface area contributed by atoms with Gasteiger partial charge < -0.3 is 49.8 Å². The normalized spacial score (nSPS) is 15.1. The summed E-state index contributed by atoms with van der Waals surface area (Å²) in [5, 5.41) is 29.7. The predicted molar refractivity (Wildman–Crippen MR) is 273 cm³/mol. The number of halogens is 2. The predicted octanol–water partition coefficient (Wildman–Crippen LogP) is 5.33. The summed E-state index contributed by atoms with van der Waals surface area (Å²) in [7, 11) is 8.45. The minimum Gasteiger partial charge on any atom is -0.493 e. The zero-order valence-corrected chi connectivity index (χ0v) is 41.9. The Morgan fingerprint density at radius 3 is 2.34 bits per heavy atom. The molecule has 3 aliphatic rings. The fraction of sp³-hybridized carbons (Fsp3) is 0.396. The molecule has 0 radical (unpaired) electrons. The van der Waals surface area contributed by atoms with Crippen LogP contribution in [0.25, 0.3) is 22.2 Å². The van der Waals surface area contributed by atoms with Gasteiger partial charge in [-0.3, -0.25) is 24.5 Å². The largest absolute Gasteiger partial charge is 0.493 e. The number of nitrogens with one attached hydrogen (secondary N) is 4. The lowest BCUT2D eigenvalue weighted by Gasteiger charge is -2.56. The fourth-order valence-electron chi connectivity index (χ4n) is 8.21. The minimum atomic E-state index is -0.751. The van der Waals surface area contributed by atoms with Crippen molar-refractivity contribution in [1.29, 1.82) is 5.26 Å². The average molecular weight is 1020 g/mol. The number of H-pyrrole nitrogens is 1. The van der Waals surface area contributed by atoms with Crippen LogP contribution in [0.4, 0.5) is 17.2 Å². The molecular formula is C48H56Cl2N12O7S. The molecule has 1 atom stereocenters. The number of rotatable bonds is 16. The molecule has 0 saturated carbocycles. The summed E-state index contributed by atoms with van der Waals surface area (Å²) < 4.78 is 5.55. The molecule has 8 rings (SSSR count). The van der Waals surface area contributed by atoms with E-state index in [0.29, 0.717) is 92.6 Å². The van der Waals surface area contributed by atoms with Gasteiger partial charge in [-0.05, 0) is 63.7 Å². The van der Waals surface area contributed by atoms with Crippen LogP contribution in [-0.2, 0) is 14.4 Å². The Kier molecular flexibility index (Phi) is 18.4. The second kappa shape index (κ2) is 24.4. The molecule has 19 nitrogen and oxygen atoms in total. The number of hydroxylamine groups is 1. The van der Waals surface area contributed by atoms with E-state index >= 15 is 0 Å². The van der Waals surface area contributed by atoms with Gasteiger partial charge in [-0.15, -0.1) is 0 Å². The lowest BCUT2D eigenvalue weighted by molar-refractivity contribution is -0.130. The number of nitrogens with zero attached hydrogens (tertiary/aromatic N) is 8. The number of hydrogen-bond donors (Lipinski definition) is 5. The van der Waals surface area contributed by atoms with Gasteiger partial charge >= 0.3 is 0 Å². The SMILES string of the molecule is CN(C(=O)c1ccc(NCC(=O)N2CCC(S)CC2)cc1C=O)C(C=O)CCC=O.CNC.COc1cc2[nH]nc(-c3cnc(N4CC5(CNC5)C4)c(C#N)c3)c2cc1ON(C)c1c(Cl)cncc1Cl. The molecule has 3 aliphatic heterocycles. The molecule has 1 spiro atoms. The van der Waals surface area contributed by atoms with Crippen LogP contribution >= 0.6 is 35.8 Å². The Hall–Kier alpha value is -6.50. The Bertz CT molecular complexity index is 2700. The smallest absolute Gasteiger partial charge is 0.254 e. The third-order valence-corrected chi connectivity index (χ3v) is 13.1. The third-order valence-electron chi connectivity index (χ3n) is 12.1. The number of methoxy groups -OCH3 is 1. The second-order valence-electron chi connectivity index (χ2n) is 17.1. The molecule has 0 aliphatic carbocycles. The van der Waals surface area contributed by atoms with Gasteiger partial charge in [0.2, 0.25) is 5.91 Å². The molecule has 4 N–H and O–H groups in total. The number of piperidine rings is 1. The van der Waals surface area contributed by atoms with Crippen molar-refractivity contribution in [3.63, 3.8) is 0 Å². The summed E-state index contributed by atoms with van der Waals surface area (Å²) in [5.74, 6) is 1.10. The van der Waals surface area contributed by atoms with Crippen molar-refractivity contribution in [3.05, 3.63) is 81.7 Å². The van der Waals surface area contributed by atoms with E-state index in [1.165, 1.54) is 41.5 Å². The van der Waals surface area contributed by atoms with Crippen molar-refractivity contribution in [1.82, 2.24) is 40.6 Å². The van der Waals surface area contributed by atoms with Crippen LogP contribution in [0.15, 0.2) is 55.0 Å². The van der Waals surface area contributed by atoms with Crippen LogP contribution in [0, 0.1) is 16.7 Å². The van der Waals surface area contributed by atoms with Crippen molar-refractivity contribution in [2.24, 2.45) is 5.41 Å². The molecule has 22 heteroatoms. The minimum absolute atomic E-state index is 0.0354. The van der Waals surface area contributed by atoms with E-state index in [1.807, 2.05) is 26.2 Å². The van der Waals surface area contributed by atoms with Crippen LogP contribution < -0.4 is 35.5 Å². The number of pyridine rings is 2. The van der Waals surface area contributed by atoms with E-state index < -0.39 is 11.9 Å². The highest BCUT2D eigenvalue weighted by atomic mass is 35.5. The number of aldehydes is 3. The number of amides is 2. The number of benzene rings is 2. The van der Waals surface area contributed by atoms with Crippen LogP contribution in [0.3, 0.4) is 0 Å². The molecule has 3 aromatic heterocycles. The summed E-state index contributed by atoms with van der Waals surface area (Å²) in [6.07, 6.45) is 8.70. The maximum atomic E-state index is 12.7. The van der Waals surface area contributed by atoms with Crippen molar-refractivity contribution in [2.45, 2.75) is 37.0 Å². The van der Waals surface area contributed by atoms with Gasteiger partial charge in [0.25, 0.3) is 5.91 Å². The highest BCUT2D eigenvalue weighted by molar-refractivity contribution is 7.80. The second-order valence-corrected chi connectivity index (χ2v) is 18.6. The van der Waals surface area contributed by atoms with Crippen LogP contribution in [-0.4, -0.2) is 153 Å². The number of thiol groups is 1. The zero-order chi connectivity index (χ0) is 50.5. The van der Waals surface area contributed by atoms with Crippen LogP contribution in [0.2, 0.25) is 10.0 Å². The maximum absolute atomic E-state index is 12.7. The average Bonchev–Trinajstić information content (AvgIpc) is 3.75. The van der Waals surface area contributed by atoms with Crippen molar-refractivity contribution in [3.8, 4) is 28.8 Å². The van der Waals surface area contributed by atoms with Crippen LogP contribution in [0.1, 0.15) is 52.0 Å². The van der Waals surface area contributed by atoms with Gasteiger partial charge in [0.1, 0.15) is 35.8 Å². The van der Waals surface area contributed by atoms with Gasteiger partial charge in [0, 0.05) is 117 Å². The number of hydrogen-bond acceptors (Lipinski definition) is 17. The topological polar surface area (TPSA) is 231 Å². The first-order valence-corrected chi connectivity index (χ1v) is 23.7. The molecule has 3 fully saturated rings. The number of carbonyl (C=O) groups is 5. The molecule has 1 unspecified atom stereocenters. The first-order valence-electron chi connectivity index (χ1n) is 22.4. The lowest BCUT2D eigenvalue weighted by Crippen LogP contribution is -2.71. The number of anilines is 3. The summed E-state index contributed by atoms with van der Waals surface area (Å²) >= 11 is 17.0. The van der Waals surface area contributed by atoms with Gasteiger partial charge in [0.05, 0.1) is 46.4 Å². The first kappa shape index (κ1) is 52.9. The van der Waals surface area contributed by atoms with Crippen molar-refractivity contribution < 1.29 is 33.5 Å². The number of nitriles is 1. The molecule has 2 amide bonds. The number of fused-ring (bicyclic) bond motifs is 1. The van der Waals surface area contributed by atoms with E-state index in [0.717, 1.165) is 55.5 Å². The monoisotopic (exact) mass is 1010 g/mol. The van der Waals surface area contributed by atoms with E-state index in [1.54, 1.807) is 37.4 Å². The van der Waals surface area contributed by atoms with E-state index in [-0.39, 0.29) is 36.4 Å². The van der Waals surface area contributed by atoms with Gasteiger partial charge in [-0.25, -0.2) is 10.0 Å². The summed E-state index contributed by atoms with van der Waals surface area (Å²) in [5.41, 5.74) is 4.27. The molecule has 6 heterocycles. The molecule has 0 bridgehead atoms. The molecule has 370 valence electrons. The standard InChI is InChI=1S/C25H22Cl2N8O2.C21H27N3O5S.C2H7N/c1-34(23-17(26)8-29-9-18(23)27)37-21-4-16-19(5-20(21)36-2)32-33-22(16)15-3-14(6-28)24(31-7-15)35-12-25(13-35)10-30-11-25;1-23(17(14-27)3-2-10-25)21(29)19-5-4-16(11-15(19)13-26)22-12-20(28)24-8-6-18(30)7-9-24;1-3-2/h3-5,7-9,30H,10-13H2,1-2H3,(H,32,33);4-5,10-11,13-14,17-18,22,30H,2-3,6-9,12H2,1H3;3H,1-2H3. The van der Waals surface area contributed by atoms with E-state index in [2.05, 4.69) is 59.7 Å². The Morgan fingerprint density at radius 2 is 1.74 bits per heavy atom. The Morgan fingerprint density at radius 1 is 1.04 bits per heavy atom. The number of likely N-dealkylation sites (N-methyl/N-ethyl adjacent to an activating group) is 1. The van der Waals surface area contributed by atoms with Gasteiger partial charge in [-0.1, -0.05) is 23.2 Å². The number of carbonyl (C=O) groups excluding carboxylic acids is 5. The van der Waals surface area contributed by atoms with Crippen molar-refractivity contribution >= 4 is 94.6 Å². The van der Waals surface area contributed by atoms with Crippen LogP contribution in [0.5, 0.6) is 11.5 Å². The van der Waals surface area contributed by atoms with E-state index in [9.17, 15) is 29.2 Å². The number of likely N-dealkylation sites (tertiary alicyclic amines) is 1. The highest BCUT2D eigenvalue weighted by Crippen LogP contribution is 2.41. The number of aromatic amines is 1. The fourth-order valence-corrected chi connectivity index (χ4v) is 9.05. The first-order chi connectivity index (χ1) is 33.7. The highest BCUT2D eigenvalue weighted by Gasteiger charge is 2.48. The van der Waals surface area contributed by atoms with Gasteiger partial charge in [-0.2, -0.15) is 23.0 Å². The quantitative estimate of drug-likeness (QED) is 0.0478. The maximum Gasteiger partial charge on any atom is 0.254 e. The third kappa shape index (κ3) is 12.3. The molecule has 3 saturated heterocycles. The Balaban J connectivity index is 0.000000223. The molecule has 5 aromatic rings. The van der Waals surface area contributed by atoms with Gasteiger partial charge in [0.15, 0.2) is 17.8 Å². The number of ether oxygens (including phenoxy) is 1. The lowest BCUT2D eigenvalue weighted by atomic mass is 9.74. The number of aromatic nitrogens is 4. The summed E-state index contributed by atoms with van der Waals surface area (Å²) in [6, 6.07) is 11.6. The summed E-state index contributed by atoms with van der Waals surface area (Å²) in [4.78, 5) is 78.3. The molecule has 2 aromatic carbocycles. The van der Waals surface area contributed by atoms with Crippen molar-refractivity contribution in [2.75, 3.05) is 96.4 Å². The summed E-state index contributed by atoms with van der Waals surface area (Å²) in [6.45, 7) is 5.29. The molecular weight excluding hydrogens is 960 g/mol. The van der Waals surface area contributed by atoms with E-state index in [4.69, 9.17) is 32.8 Å². The molecule has 70 heavy (non-hydrogen) atoms. The zero-order valence-electron chi connectivity index (χ0n) is 39.5.